The van der Waals surface area contributed by atoms with Gasteiger partial charge in [-0.2, -0.15) is 0 Å². The van der Waals surface area contributed by atoms with Gasteiger partial charge in [0.05, 0.1) is 0 Å². The lowest BCUT2D eigenvalue weighted by atomic mass is 10.0. The molecule has 5 heteroatoms. The SMILES string of the molecule is CCCCCCCC/C=C\CCCCCCCC(=O)/C(=C/C(=O)O)C(=O)O. The van der Waals surface area contributed by atoms with E-state index in [9.17, 15) is 14.4 Å². The molecule has 0 aromatic rings. The second kappa shape index (κ2) is 17.5. The van der Waals surface area contributed by atoms with Crippen LogP contribution in [-0.2, 0) is 14.4 Å². The summed E-state index contributed by atoms with van der Waals surface area (Å²) in [6.07, 6.45) is 20.0. The first kappa shape index (κ1) is 25.1. The molecule has 0 aliphatic heterocycles. The minimum atomic E-state index is -1.48. The molecule has 0 saturated heterocycles. The Bertz CT molecular complexity index is 491. The smallest absolute Gasteiger partial charge is 0.339 e. The van der Waals surface area contributed by atoms with Crippen LogP contribution >= 0.6 is 0 Å². The van der Waals surface area contributed by atoms with Gasteiger partial charge in [-0.3, -0.25) is 4.79 Å². The molecule has 0 aromatic carbocycles. The number of carbonyl (C=O) groups excluding carboxylic acids is 1. The number of hydrogen-bond donors (Lipinski definition) is 2. The second-order valence-electron chi connectivity index (χ2n) is 6.96. The van der Waals surface area contributed by atoms with E-state index < -0.39 is 23.3 Å². The Labute approximate surface area is 163 Å². The van der Waals surface area contributed by atoms with Crippen molar-refractivity contribution in [2.75, 3.05) is 0 Å². The Morgan fingerprint density at radius 1 is 0.704 bits per heavy atom. The molecular weight excluding hydrogens is 344 g/mol. The van der Waals surface area contributed by atoms with E-state index >= 15 is 0 Å². The van der Waals surface area contributed by atoms with Crippen molar-refractivity contribution in [1.29, 1.82) is 0 Å². The van der Waals surface area contributed by atoms with Crippen molar-refractivity contribution in [2.45, 2.75) is 96.8 Å². The number of ketones is 1. The summed E-state index contributed by atoms with van der Waals surface area (Å²) in [6.45, 7) is 2.23. The molecule has 0 aliphatic rings. The molecule has 0 fully saturated rings. The number of carbonyl (C=O) groups is 3. The first-order chi connectivity index (χ1) is 13.0. The Morgan fingerprint density at radius 2 is 1.19 bits per heavy atom. The van der Waals surface area contributed by atoms with E-state index in [2.05, 4.69) is 19.1 Å². The molecule has 5 nitrogen and oxygen atoms in total. The topological polar surface area (TPSA) is 91.7 Å². The van der Waals surface area contributed by atoms with Crippen LogP contribution in [0.25, 0.3) is 0 Å². The summed E-state index contributed by atoms with van der Waals surface area (Å²) in [5.74, 6) is -3.50. The van der Waals surface area contributed by atoms with Gasteiger partial charge in [-0.1, -0.05) is 70.4 Å². The fourth-order valence-corrected chi connectivity index (χ4v) is 2.88. The van der Waals surface area contributed by atoms with Crippen LogP contribution in [0.2, 0.25) is 0 Å². The van der Waals surface area contributed by atoms with Gasteiger partial charge in [0.25, 0.3) is 0 Å². The van der Waals surface area contributed by atoms with Gasteiger partial charge in [0.2, 0.25) is 0 Å². The number of aliphatic carboxylic acids is 2. The minimum absolute atomic E-state index is 0.0869. The maximum absolute atomic E-state index is 11.7. The molecule has 0 saturated carbocycles. The van der Waals surface area contributed by atoms with E-state index in [1.54, 1.807) is 0 Å². The van der Waals surface area contributed by atoms with Gasteiger partial charge in [0.1, 0.15) is 5.57 Å². The zero-order valence-corrected chi connectivity index (χ0v) is 16.8. The van der Waals surface area contributed by atoms with Gasteiger partial charge in [-0.15, -0.1) is 0 Å². The number of hydrogen-bond acceptors (Lipinski definition) is 3. The van der Waals surface area contributed by atoms with E-state index in [1.807, 2.05) is 0 Å². The summed E-state index contributed by atoms with van der Waals surface area (Å²) >= 11 is 0. The predicted octanol–water partition coefficient (Wildman–Crippen LogP) is 5.69. The Kier molecular flexibility index (Phi) is 16.3. The van der Waals surface area contributed by atoms with Crippen molar-refractivity contribution in [1.82, 2.24) is 0 Å². The summed E-state index contributed by atoms with van der Waals surface area (Å²) in [5.41, 5.74) is -0.641. The van der Waals surface area contributed by atoms with Crippen molar-refractivity contribution in [3.63, 3.8) is 0 Å². The minimum Gasteiger partial charge on any atom is -0.478 e. The van der Waals surface area contributed by atoms with E-state index in [4.69, 9.17) is 10.2 Å². The highest BCUT2D eigenvalue weighted by molar-refractivity contribution is 6.19. The van der Waals surface area contributed by atoms with Crippen LogP contribution in [0.3, 0.4) is 0 Å². The van der Waals surface area contributed by atoms with Gasteiger partial charge in [-0.25, -0.2) is 9.59 Å². The van der Waals surface area contributed by atoms with Crippen molar-refractivity contribution in [2.24, 2.45) is 0 Å². The van der Waals surface area contributed by atoms with Gasteiger partial charge in [0, 0.05) is 12.5 Å². The maximum atomic E-state index is 11.7. The molecule has 0 aliphatic carbocycles. The van der Waals surface area contributed by atoms with Gasteiger partial charge < -0.3 is 10.2 Å². The summed E-state index contributed by atoms with van der Waals surface area (Å²) in [5, 5.41) is 17.4. The molecule has 0 spiro atoms. The molecule has 0 radical (unpaired) electrons. The highest BCUT2D eigenvalue weighted by atomic mass is 16.4. The fourth-order valence-electron chi connectivity index (χ4n) is 2.88. The van der Waals surface area contributed by atoms with Crippen LogP contribution in [0.15, 0.2) is 23.8 Å². The fraction of sp³-hybridized carbons (Fsp3) is 0.682. The van der Waals surface area contributed by atoms with E-state index in [1.165, 1.54) is 44.9 Å². The molecule has 0 aromatic heterocycles. The van der Waals surface area contributed by atoms with Gasteiger partial charge in [-0.05, 0) is 32.1 Å². The third-order valence-corrected chi connectivity index (χ3v) is 4.46. The summed E-state index contributed by atoms with van der Waals surface area (Å²) in [6, 6.07) is 0. The number of carboxylic acid groups (broad SMARTS) is 2. The molecule has 0 unspecified atom stereocenters. The molecule has 0 rings (SSSR count). The molecule has 27 heavy (non-hydrogen) atoms. The van der Waals surface area contributed by atoms with Crippen LogP contribution in [-0.4, -0.2) is 27.9 Å². The lowest BCUT2D eigenvalue weighted by molar-refractivity contribution is -0.137. The zero-order valence-electron chi connectivity index (χ0n) is 16.8. The highest BCUT2D eigenvalue weighted by Gasteiger charge is 2.18. The van der Waals surface area contributed by atoms with Crippen LogP contribution in [0, 0.1) is 0 Å². The van der Waals surface area contributed by atoms with Crippen LogP contribution in [0.4, 0.5) is 0 Å². The second-order valence-corrected chi connectivity index (χ2v) is 6.96. The third-order valence-electron chi connectivity index (χ3n) is 4.46. The standard InChI is InChI=1S/C22H36O5/c1-2-3-4-5-6-7-8-9-10-11-12-13-14-15-16-17-20(23)19(22(26)27)18-21(24)25/h9-10,18H,2-8,11-17H2,1H3,(H,24,25)(H,26,27)/b10-9-,19-18-. The molecule has 0 amide bonds. The molecule has 0 bridgehead atoms. The molecular formula is C22H36O5. The maximum Gasteiger partial charge on any atom is 0.339 e. The molecule has 154 valence electrons. The lowest BCUT2D eigenvalue weighted by Crippen LogP contribution is -2.14. The zero-order chi connectivity index (χ0) is 20.3. The highest BCUT2D eigenvalue weighted by Crippen LogP contribution is 2.11. The van der Waals surface area contributed by atoms with E-state index in [-0.39, 0.29) is 6.42 Å². The summed E-state index contributed by atoms with van der Waals surface area (Å²) < 4.78 is 0. The lowest BCUT2D eigenvalue weighted by Gasteiger charge is -2.02. The largest absolute Gasteiger partial charge is 0.478 e. The van der Waals surface area contributed by atoms with Crippen molar-refractivity contribution < 1.29 is 24.6 Å². The van der Waals surface area contributed by atoms with Crippen molar-refractivity contribution >= 4 is 17.7 Å². The van der Waals surface area contributed by atoms with Crippen LogP contribution in [0.5, 0.6) is 0 Å². The number of allylic oxidation sites excluding steroid dienone is 2. The first-order valence-corrected chi connectivity index (χ1v) is 10.3. The quantitative estimate of drug-likeness (QED) is 0.105. The molecule has 0 heterocycles. The van der Waals surface area contributed by atoms with E-state index in [0.717, 1.165) is 32.1 Å². The number of unbranched alkanes of at least 4 members (excludes halogenated alkanes) is 11. The summed E-state index contributed by atoms with van der Waals surface area (Å²) in [4.78, 5) is 33.1. The van der Waals surface area contributed by atoms with Gasteiger partial charge in [0.15, 0.2) is 5.78 Å². The Morgan fingerprint density at radius 3 is 1.67 bits per heavy atom. The normalized spacial score (nSPS) is 11.8. The predicted molar refractivity (Wildman–Crippen MR) is 108 cm³/mol. The first-order valence-electron chi connectivity index (χ1n) is 10.3. The average molecular weight is 381 g/mol. The Hall–Kier alpha value is -1.91. The summed E-state index contributed by atoms with van der Waals surface area (Å²) in [7, 11) is 0. The number of Topliss-reactive ketones (excluding diaryl/α,β-unsaturated/α-hetero) is 1. The number of rotatable bonds is 18. The van der Waals surface area contributed by atoms with Crippen molar-refractivity contribution in [3.05, 3.63) is 23.8 Å². The Balaban J connectivity index is 3.59. The van der Waals surface area contributed by atoms with Crippen LogP contribution < -0.4 is 0 Å². The average Bonchev–Trinajstić information content (AvgIpc) is 2.62. The van der Waals surface area contributed by atoms with Crippen LogP contribution in [0.1, 0.15) is 96.8 Å². The molecule has 0 atom stereocenters. The molecule has 2 N–H and O–H groups in total. The van der Waals surface area contributed by atoms with Crippen molar-refractivity contribution in [3.8, 4) is 0 Å². The van der Waals surface area contributed by atoms with Gasteiger partial charge >= 0.3 is 11.9 Å². The number of carboxylic acids is 2. The third kappa shape index (κ3) is 16.0. The monoisotopic (exact) mass is 380 g/mol. The van der Waals surface area contributed by atoms with E-state index in [0.29, 0.717) is 12.5 Å².